The standard InChI is InChI=1S/C27H25F3/c1-2-3-4-5-6-7-18-8-11-21-19(16-18)9-12-24-23(21)14-13-22(27(24)30)20-10-15-25(28)26(29)17-20/h8-17H,2-7H2,1H3. The van der Waals surface area contributed by atoms with Crippen LogP contribution in [0, 0.1) is 17.5 Å². The lowest BCUT2D eigenvalue weighted by Gasteiger charge is -2.11. The van der Waals surface area contributed by atoms with Crippen molar-refractivity contribution in [3.63, 3.8) is 0 Å². The third-order valence-electron chi connectivity index (χ3n) is 5.82. The molecule has 4 aromatic rings. The van der Waals surface area contributed by atoms with Gasteiger partial charge in [0.2, 0.25) is 0 Å². The van der Waals surface area contributed by atoms with Crippen molar-refractivity contribution in [3.8, 4) is 11.1 Å². The molecule has 0 atom stereocenters. The smallest absolute Gasteiger partial charge is 0.159 e. The van der Waals surface area contributed by atoms with E-state index < -0.39 is 17.5 Å². The summed E-state index contributed by atoms with van der Waals surface area (Å²) in [7, 11) is 0. The van der Waals surface area contributed by atoms with E-state index in [1.807, 2.05) is 12.1 Å². The molecule has 154 valence electrons. The largest absolute Gasteiger partial charge is 0.206 e. The van der Waals surface area contributed by atoms with Gasteiger partial charge in [0.1, 0.15) is 5.82 Å². The van der Waals surface area contributed by atoms with Gasteiger partial charge in [0.05, 0.1) is 0 Å². The van der Waals surface area contributed by atoms with Crippen LogP contribution in [0.25, 0.3) is 32.7 Å². The number of hydrogen-bond donors (Lipinski definition) is 0. The minimum Gasteiger partial charge on any atom is -0.206 e. The summed E-state index contributed by atoms with van der Waals surface area (Å²) in [4.78, 5) is 0. The fourth-order valence-electron chi connectivity index (χ4n) is 4.13. The van der Waals surface area contributed by atoms with Crippen molar-refractivity contribution < 1.29 is 13.2 Å². The second-order valence-corrected chi connectivity index (χ2v) is 7.94. The van der Waals surface area contributed by atoms with Gasteiger partial charge in [-0.05, 0) is 52.3 Å². The maximum Gasteiger partial charge on any atom is 0.159 e. The number of rotatable bonds is 7. The van der Waals surface area contributed by atoms with Crippen LogP contribution in [0.4, 0.5) is 13.2 Å². The van der Waals surface area contributed by atoms with Gasteiger partial charge in [-0.1, -0.05) is 81.1 Å². The minimum absolute atomic E-state index is 0.268. The van der Waals surface area contributed by atoms with Crippen molar-refractivity contribution in [2.75, 3.05) is 0 Å². The molecule has 0 aliphatic carbocycles. The van der Waals surface area contributed by atoms with Gasteiger partial charge in [0.25, 0.3) is 0 Å². The Hall–Kier alpha value is -2.81. The molecule has 0 amide bonds. The Bertz CT molecular complexity index is 1190. The van der Waals surface area contributed by atoms with E-state index >= 15 is 4.39 Å². The van der Waals surface area contributed by atoms with E-state index in [4.69, 9.17) is 0 Å². The highest BCUT2D eigenvalue weighted by atomic mass is 19.2. The second kappa shape index (κ2) is 8.91. The molecule has 0 fully saturated rings. The molecule has 0 spiro atoms. The van der Waals surface area contributed by atoms with Crippen molar-refractivity contribution in [2.24, 2.45) is 0 Å². The molecule has 4 rings (SSSR count). The first-order valence-electron chi connectivity index (χ1n) is 10.7. The first-order chi connectivity index (χ1) is 14.6. The lowest BCUT2D eigenvalue weighted by molar-refractivity contribution is 0.509. The highest BCUT2D eigenvalue weighted by Crippen LogP contribution is 2.34. The summed E-state index contributed by atoms with van der Waals surface area (Å²) in [5.41, 5.74) is 1.90. The predicted octanol–water partition coefficient (Wildman–Crippen LogP) is 8.59. The number of unbranched alkanes of at least 4 members (excludes halogenated alkanes) is 4. The molecule has 0 bridgehead atoms. The second-order valence-electron chi connectivity index (χ2n) is 7.94. The molecule has 0 N–H and O–H groups in total. The quantitative estimate of drug-likeness (QED) is 0.213. The Morgan fingerprint density at radius 2 is 1.40 bits per heavy atom. The molecular formula is C27H25F3. The van der Waals surface area contributed by atoms with Crippen LogP contribution in [-0.4, -0.2) is 0 Å². The van der Waals surface area contributed by atoms with Crippen LogP contribution in [0.5, 0.6) is 0 Å². The van der Waals surface area contributed by atoms with Crippen molar-refractivity contribution in [2.45, 2.75) is 45.4 Å². The van der Waals surface area contributed by atoms with Crippen molar-refractivity contribution >= 4 is 21.5 Å². The van der Waals surface area contributed by atoms with Crippen LogP contribution in [-0.2, 0) is 6.42 Å². The average molecular weight is 406 g/mol. The van der Waals surface area contributed by atoms with Gasteiger partial charge in [-0.2, -0.15) is 0 Å². The normalized spacial score (nSPS) is 11.5. The Kier molecular flexibility index (Phi) is 6.08. The Labute approximate surface area is 175 Å². The molecule has 0 nitrogen and oxygen atoms in total. The van der Waals surface area contributed by atoms with Crippen LogP contribution >= 0.6 is 0 Å². The van der Waals surface area contributed by atoms with Crippen LogP contribution in [0.15, 0.2) is 60.7 Å². The zero-order valence-electron chi connectivity index (χ0n) is 17.2. The maximum atomic E-state index is 15.2. The first-order valence-corrected chi connectivity index (χ1v) is 10.7. The predicted molar refractivity (Wildman–Crippen MR) is 119 cm³/mol. The van der Waals surface area contributed by atoms with Gasteiger partial charge in [-0.25, -0.2) is 13.2 Å². The topological polar surface area (TPSA) is 0 Å². The molecule has 0 aliphatic rings. The summed E-state index contributed by atoms with van der Waals surface area (Å²) in [6, 6.07) is 17.1. The maximum absolute atomic E-state index is 15.2. The molecule has 4 aromatic carbocycles. The fraction of sp³-hybridized carbons (Fsp3) is 0.259. The zero-order valence-corrected chi connectivity index (χ0v) is 17.2. The molecule has 3 heteroatoms. The lowest BCUT2D eigenvalue weighted by atomic mass is 9.95. The highest BCUT2D eigenvalue weighted by molar-refractivity contribution is 6.08. The van der Waals surface area contributed by atoms with Crippen molar-refractivity contribution in [3.05, 3.63) is 83.7 Å². The highest BCUT2D eigenvalue weighted by Gasteiger charge is 2.13. The summed E-state index contributed by atoms with van der Waals surface area (Å²) in [6.45, 7) is 2.22. The number of halogens is 3. The molecular weight excluding hydrogens is 381 g/mol. The summed E-state index contributed by atoms with van der Waals surface area (Å²) in [5.74, 6) is -2.33. The monoisotopic (exact) mass is 406 g/mol. The average Bonchev–Trinajstić information content (AvgIpc) is 2.75. The molecule has 0 saturated heterocycles. The summed E-state index contributed by atoms with van der Waals surface area (Å²) in [6.07, 6.45) is 7.32. The van der Waals surface area contributed by atoms with Gasteiger partial charge in [-0.15, -0.1) is 0 Å². The molecule has 0 heterocycles. The number of benzene rings is 4. The van der Waals surface area contributed by atoms with Gasteiger partial charge in [0, 0.05) is 10.9 Å². The summed E-state index contributed by atoms with van der Waals surface area (Å²) in [5, 5.41) is 3.40. The van der Waals surface area contributed by atoms with Crippen molar-refractivity contribution in [1.82, 2.24) is 0 Å². The first kappa shape index (κ1) is 20.5. The van der Waals surface area contributed by atoms with Crippen LogP contribution in [0.1, 0.15) is 44.6 Å². The van der Waals surface area contributed by atoms with E-state index in [1.54, 1.807) is 12.1 Å². The van der Waals surface area contributed by atoms with Crippen molar-refractivity contribution in [1.29, 1.82) is 0 Å². The Balaban J connectivity index is 1.66. The van der Waals surface area contributed by atoms with E-state index in [0.29, 0.717) is 10.9 Å². The Morgan fingerprint density at radius 3 is 2.20 bits per heavy atom. The Morgan fingerprint density at radius 1 is 0.633 bits per heavy atom. The molecule has 0 aliphatic heterocycles. The van der Waals surface area contributed by atoms with Gasteiger partial charge < -0.3 is 0 Å². The van der Waals surface area contributed by atoms with E-state index in [1.165, 1.54) is 43.7 Å². The number of aryl methyl sites for hydroxylation is 1. The van der Waals surface area contributed by atoms with Gasteiger partial charge in [-0.3, -0.25) is 0 Å². The molecule has 30 heavy (non-hydrogen) atoms. The van der Waals surface area contributed by atoms with Crippen LogP contribution in [0.3, 0.4) is 0 Å². The van der Waals surface area contributed by atoms with E-state index in [0.717, 1.165) is 34.7 Å². The summed E-state index contributed by atoms with van der Waals surface area (Å²) < 4.78 is 42.1. The van der Waals surface area contributed by atoms with Gasteiger partial charge in [0.15, 0.2) is 11.6 Å². The lowest BCUT2D eigenvalue weighted by Crippen LogP contribution is -1.91. The van der Waals surface area contributed by atoms with E-state index in [2.05, 4.69) is 25.1 Å². The minimum atomic E-state index is -0.979. The number of fused-ring (bicyclic) bond motifs is 3. The molecule has 0 aromatic heterocycles. The molecule has 0 unspecified atom stereocenters. The van der Waals surface area contributed by atoms with E-state index in [9.17, 15) is 8.78 Å². The summed E-state index contributed by atoms with van der Waals surface area (Å²) >= 11 is 0. The van der Waals surface area contributed by atoms with Crippen LogP contribution in [0.2, 0.25) is 0 Å². The SMILES string of the molecule is CCCCCCCc1ccc2c(ccc3c(F)c(-c4ccc(F)c(F)c4)ccc32)c1. The molecule has 0 saturated carbocycles. The van der Waals surface area contributed by atoms with Crippen LogP contribution < -0.4 is 0 Å². The van der Waals surface area contributed by atoms with Gasteiger partial charge >= 0.3 is 0 Å². The molecule has 0 radical (unpaired) electrons. The number of hydrogen-bond acceptors (Lipinski definition) is 0. The zero-order chi connectivity index (χ0) is 21.1. The third kappa shape index (κ3) is 4.07. The fourth-order valence-corrected chi connectivity index (χ4v) is 4.13. The van der Waals surface area contributed by atoms with E-state index in [-0.39, 0.29) is 5.56 Å². The third-order valence-corrected chi connectivity index (χ3v) is 5.82.